The number of morpholine rings is 1. The maximum absolute atomic E-state index is 15.1. The van der Waals surface area contributed by atoms with E-state index >= 15 is 4.39 Å². The lowest BCUT2D eigenvalue weighted by molar-refractivity contribution is -0.192. The van der Waals surface area contributed by atoms with Gasteiger partial charge in [-0.05, 0) is 60.4 Å². The van der Waals surface area contributed by atoms with E-state index in [0.717, 1.165) is 17.0 Å². The summed E-state index contributed by atoms with van der Waals surface area (Å²) in [6, 6.07) is 13.5. The van der Waals surface area contributed by atoms with Crippen LogP contribution in [0.1, 0.15) is 49.0 Å². The summed E-state index contributed by atoms with van der Waals surface area (Å²) in [4.78, 5) is 26.8. The Bertz CT molecular complexity index is 1710. The molecule has 3 aromatic rings. The molecule has 1 saturated carbocycles. The first kappa shape index (κ1) is 34.0. The largest absolute Gasteiger partial charge is 0.481 e. The van der Waals surface area contributed by atoms with E-state index in [0.29, 0.717) is 9.87 Å². The van der Waals surface area contributed by atoms with Crippen LogP contribution in [0.15, 0.2) is 72.8 Å². The lowest BCUT2D eigenvalue weighted by Crippen LogP contribution is -2.59. The Labute approximate surface area is 272 Å². The summed E-state index contributed by atoms with van der Waals surface area (Å²) in [6.45, 7) is -0.975. The van der Waals surface area contributed by atoms with Crippen LogP contribution in [0.25, 0.3) is 0 Å². The number of carboxylic acid groups (broad SMARTS) is 1. The number of hydrogen-bond donors (Lipinski definition) is 1. The zero-order valence-electron chi connectivity index (χ0n) is 23.9. The number of benzene rings is 3. The van der Waals surface area contributed by atoms with Gasteiger partial charge in [0.2, 0.25) is 10.0 Å². The van der Waals surface area contributed by atoms with E-state index in [-0.39, 0.29) is 28.5 Å². The molecule has 2 aliphatic rings. The second-order valence-electron chi connectivity index (χ2n) is 11.1. The number of anilines is 1. The van der Waals surface area contributed by atoms with Crippen LogP contribution in [0.2, 0.25) is 10.0 Å². The normalized spacial score (nSPS) is 21.2. The summed E-state index contributed by atoms with van der Waals surface area (Å²) >= 11 is 12.4. The van der Waals surface area contributed by atoms with Crippen molar-refractivity contribution >= 4 is 50.8 Å². The molecule has 5 rings (SSSR count). The Morgan fingerprint density at radius 3 is 2.26 bits per heavy atom. The first-order valence-corrected chi connectivity index (χ1v) is 16.4. The van der Waals surface area contributed by atoms with Gasteiger partial charge < -0.3 is 14.7 Å². The van der Waals surface area contributed by atoms with Crippen molar-refractivity contribution in [3.8, 4) is 0 Å². The number of alkyl halides is 3. The van der Waals surface area contributed by atoms with Gasteiger partial charge in [-0.25, -0.2) is 12.8 Å². The molecule has 4 atom stereocenters. The first-order chi connectivity index (χ1) is 21.7. The molecule has 8 nitrogen and oxygen atoms in total. The minimum atomic E-state index is -4.94. The van der Waals surface area contributed by atoms with Crippen molar-refractivity contribution < 1.29 is 45.4 Å². The average Bonchev–Trinajstić information content (AvgIpc) is 3.83. The fourth-order valence-electron chi connectivity index (χ4n) is 5.65. The van der Waals surface area contributed by atoms with Crippen LogP contribution in [0.5, 0.6) is 0 Å². The van der Waals surface area contributed by atoms with Gasteiger partial charge in [-0.2, -0.15) is 13.2 Å². The molecule has 1 aliphatic carbocycles. The summed E-state index contributed by atoms with van der Waals surface area (Å²) < 4.78 is 92.4. The van der Waals surface area contributed by atoms with Crippen LogP contribution in [-0.4, -0.2) is 60.4 Å². The Morgan fingerprint density at radius 2 is 1.67 bits per heavy atom. The SMILES string of the molecule is O=C(O)C[C@H]1O[C@H](c2cccc(Cl)c2)[C@@H](c2ccc(Cl)cc2)N([C@H](CN(c2ccccc2F)S(=O)(=O)C2CC2)CC(F)(F)F)C1=O. The highest BCUT2D eigenvalue weighted by Gasteiger charge is 2.51. The summed E-state index contributed by atoms with van der Waals surface area (Å²) in [5.74, 6) is -3.54. The zero-order valence-corrected chi connectivity index (χ0v) is 26.2. The molecule has 3 aromatic carbocycles. The zero-order chi connectivity index (χ0) is 33.4. The number of aliphatic carboxylic acids is 1. The molecule has 0 aromatic heterocycles. The van der Waals surface area contributed by atoms with E-state index in [1.54, 1.807) is 18.2 Å². The molecule has 1 amide bonds. The van der Waals surface area contributed by atoms with Gasteiger partial charge >= 0.3 is 12.1 Å². The molecule has 2 fully saturated rings. The number of para-hydroxylation sites is 1. The molecule has 0 radical (unpaired) electrons. The lowest BCUT2D eigenvalue weighted by atomic mass is 9.89. The lowest BCUT2D eigenvalue weighted by Gasteiger charge is -2.49. The monoisotopic (exact) mass is 702 g/mol. The average molecular weight is 704 g/mol. The number of carbonyl (C=O) groups excluding carboxylic acids is 1. The summed E-state index contributed by atoms with van der Waals surface area (Å²) in [7, 11) is -4.37. The van der Waals surface area contributed by atoms with Crippen molar-refractivity contribution in [1.29, 1.82) is 0 Å². The quantitative estimate of drug-likeness (QED) is 0.217. The first-order valence-electron chi connectivity index (χ1n) is 14.2. The molecule has 46 heavy (non-hydrogen) atoms. The van der Waals surface area contributed by atoms with E-state index in [9.17, 15) is 36.3 Å². The van der Waals surface area contributed by atoms with Crippen LogP contribution in [-0.2, 0) is 24.3 Å². The molecule has 1 heterocycles. The van der Waals surface area contributed by atoms with Crippen LogP contribution in [0.4, 0.5) is 23.2 Å². The molecule has 0 spiro atoms. The van der Waals surface area contributed by atoms with Crippen LogP contribution < -0.4 is 4.31 Å². The Hall–Kier alpha value is -3.39. The third-order valence-electron chi connectivity index (χ3n) is 7.79. The molecule has 246 valence electrons. The van der Waals surface area contributed by atoms with Gasteiger partial charge in [-0.15, -0.1) is 0 Å². The molecule has 1 aliphatic heterocycles. The maximum Gasteiger partial charge on any atom is 0.391 e. The van der Waals surface area contributed by atoms with E-state index in [1.165, 1.54) is 42.5 Å². The van der Waals surface area contributed by atoms with Crippen molar-refractivity contribution in [3.63, 3.8) is 0 Å². The highest BCUT2D eigenvalue weighted by Crippen LogP contribution is 2.46. The van der Waals surface area contributed by atoms with Crippen molar-refractivity contribution in [3.05, 3.63) is 99.8 Å². The van der Waals surface area contributed by atoms with Crippen molar-refractivity contribution in [2.45, 2.75) is 61.4 Å². The van der Waals surface area contributed by atoms with Crippen molar-refractivity contribution in [2.24, 2.45) is 0 Å². The minimum Gasteiger partial charge on any atom is -0.481 e. The topological polar surface area (TPSA) is 104 Å². The van der Waals surface area contributed by atoms with Gasteiger partial charge in [0.1, 0.15) is 18.0 Å². The predicted octanol–water partition coefficient (Wildman–Crippen LogP) is 6.94. The number of carboxylic acids is 1. The third-order valence-corrected chi connectivity index (χ3v) is 10.5. The van der Waals surface area contributed by atoms with Gasteiger partial charge in [0.25, 0.3) is 5.91 Å². The van der Waals surface area contributed by atoms with Gasteiger partial charge in [-0.1, -0.05) is 59.6 Å². The summed E-state index contributed by atoms with van der Waals surface area (Å²) in [6.07, 6.45) is -10.1. The van der Waals surface area contributed by atoms with Gasteiger partial charge in [0.05, 0.1) is 42.4 Å². The van der Waals surface area contributed by atoms with E-state index in [2.05, 4.69) is 0 Å². The Balaban J connectivity index is 1.72. The molecule has 1 N–H and O–H groups in total. The molecule has 15 heteroatoms. The second-order valence-corrected chi connectivity index (χ2v) is 14.2. The molecule has 0 unspecified atom stereocenters. The van der Waals surface area contributed by atoms with Gasteiger partial charge in [0.15, 0.2) is 0 Å². The number of nitrogens with zero attached hydrogens (tertiary/aromatic N) is 2. The fourth-order valence-corrected chi connectivity index (χ4v) is 7.87. The van der Waals surface area contributed by atoms with Crippen LogP contribution in [0.3, 0.4) is 0 Å². The van der Waals surface area contributed by atoms with E-state index in [4.69, 9.17) is 27.9 Å². The molecule has 0 bridgehead atoms. The molecular formula is C31H28Cl2F4N2O6S. The number of ether oxygens (including phenoxy) is 1. The minimum absolute atomic E-state index is 0.235. The summed E-state index contributed by atoms with van der Waals surface area (Å²) in [5.41, 5.74) is 0.118. The van der Waals surface area contributed by atoms with E-state index in [1.807, 2.05) is 0 Å². The second kappa shape index (κ2) is 13.4. The molecule has 1 saturated heterocycles. The predicted molar refractivity (Wildman–Crippen MR) is 163 cm³/mol. The van der Waals surface area contributed by atoms with Crippen molar-refractivity contribution in [1.82, 2.24) is 4.90 Å². The third kappa shape index (κ3) is 7.59. The number of carbonyl (C=O) groups is 2. The number of sulfonamides is 1. The smallest absolute Gasteiger partial charge is 0.391 e. The highest BCUT2D eigenvalue weighted by molar-refractivity contribution is 7.93. The number of halogens is 6. The van der Waals surface area contributed by atoms with Crippen LogP contribution in [0, 0.1) is 5.82 Å². The number of hydrogen-bond acceptors (Lipinski definition) is 5. The van der Waals surface area contributed by atoms with Crippen molar-refractivity contribution in [2.75, 3.05) is 10.8 Å². The number of rotatable bonds is 11. The van der Waals surface area contributed by atoms with E-state index < -0.39 is 88.5 Å². The highest BCUT2D eigenvalue weighted by atomic mass is 35.5. The standard InChI is InChI=1S/C31H28Cl2F4N2O6S/c32-20-10-8-18(9-11-20)28-29(19-4-3-5-21(33)14-19)45-26(15-27(40)41)30(42)39(28)22(16-31(35,36)37)17-38(46(43,44)23-12-13-23)25-7-2-1-6-24(25)34/h1-11,14,22-23,26,28-29H,12-13,15-17H2,(H,40,41)/t22-,26+,28+,29+/m0/s1. The Kier molecular flexibility index (Phi) is 9.88. The molecular weight excluding hydrogens is 675 g/mol. The number of amides is 1. The van der Waals surface area contributed by atoms with Gasteiger partial charge in [-0.3, -0.25) is 13.9 Å². The van der Waals surface area contributed by atoms with Crippen LogP contribution >= 0.6 is 23.2 Å². The fraction of sp³-hybridized carbons (Fsp3) is 0.355. The van der Waals surface area contributed by atoms with Gasteiger partial charge in [0, 0.05) is 10.0 Å². The maximum atomic E-state index is 15.1. The summed E-state index contributed by atoms with van der Waals surface area (Å²) in [5, 5.41) is 9.20. The Morgan fingerprint density at radius 1 is 1.00 bits per heavy atom.